The summed E-state index contributed by atoms with van der Waals surface area (Å²) in [6, 6.07) is 12.5. The van der Waals surface area contributed by atoms with E-state index in [0.717, 1.165) is 12.3 Å². The maximum absolute atomic E-state index is 13.1. The third-order valence-electron chi connectivity index (χ3n) is 6.85. The van der Waals surface area contributed by atoms with Gasteiger partial charge in [-0.2, -0.15) is 0 Å². The van der Waals surface area contributed by atoms with Crippen LogP contribution >= 0.6 is 0 Å². The van der Waals surface area contributed by atoms with Crippen LogP contribution in [0.3, 0.4) is 0 Å². The molecular weight excluding hydrogens is 448 g/mol. The zero-order valence-electron chi connectivity index (χ0n) is 20.0. The average molecular weight is 478 g/mol. The van der Waals surface area contributed by atoms with Gasteiger partial charge in [-0.1, -0.05) is 30.3 Å². The highest BCUT2D eigenvalue weighted by molar-refractivity contribution is 6.23. The molecule has 0 saturated carbocycles. The number of amidine groups is 2. The van der Waals surface area contributed by atoms with Crippen molar-refractivity contribution in [2.45, 2.75) is 12.5 Å². The summed E-state index contributed by atoms with van der Waals surface area (Å²) in [7, 11) is 3.18. The number of likely N-dealkylation sites (N-methyl/N-ethyl adjacent to an activating group) is 2. The number of piperazine rings is 1. The number of nitrogens with zero attached hydrogens (tertiary/aromatic N) is 6. The van der Waals surface area contributed by atoms with Gasteiger partial charge in [0, 0.05) is 46.7 Å². The molecule has 4 heterocycles. The number of benzene rings is 1. The van der Waals surface area contributed by atoms with Crippen molar-refractivity contribution in [1.29, 1.82) is 0 Å². The molecule has 3 aliphatic heterocycles. The molecule has 10 nitrogen and oxygen atoms in total. The van der Waals surface area contributed by atoms with Gasteiger partial charge in [0.2, 0.25) is 0 Å². The van der Waals surface area contributed by atoms with Gasteiger partial charge in [0.15, 0.2) is 5.76 Å². The Bertz CT molecular complexity index is 1180. The van der Waals surface area contributed by atoms with Crippen molar-refractivity contribution in [2.24, 2.45) is 4.99 Å². The van der Waals surface area contributed by atoms with Crippen LogP contribution in [0.25, 0.3) is 0 Å². The molecule has 2 fully saturated rings. The second-order valence-corrected chi connectivity index (χ2v) is 9.00. The summed E-state index contributed by atoms with van der Waals surface area (Å²) in [6.45, 7) is 3.67. The van der Waals surface area contributed by atoms with E-state index < -0.39 is 6.04 Å². The fourth-order valence-corrected chi connectivity index (χ4v) is 4.79. The predicted octanol–water partition coefficient (Wildman–Crippen LogP) is 0.996. The number of hydrogen-bond donors (Lipinski definition) is 0. The molecule has 182 valence electrons. The molecule has 4 amide bonds. The zero-order chi connectivity index (χ0) is 24.5. The molecule has 0 spiro atoms. The van der Waals surface area contributed by atoms with E-state index in [-0.39, 0.29) is 17.8 Å². The Kier molecular flexibility index (Phi) is 6.21. The van der Waals surface area contributed by atoms with Crippen LogP contribution in [0.5, 0.6) is 0 Å². The van der Waals surface area contributed by atoms with Gasteiger partial charge in [0.25, 0.3) is 23.7 Å². The Balaban J connectivity index is 1.34. The molecule has 10 heteroatoms. The highest BCUT2D eigenvalue weighted by atomic mass is 16.3. The van der Waals surface area contributed by atoms with Crippen LogP contribution in [0.2, 0.25) is 0 Å². The van der Waals surface area contributed by atoms with E-state index in [1.807, 2.05) is 22.8 Å². The van der Waals surface area contributed by atoms with E-state index >= 15 is 0 Å². The van der Waals surface area contributed by atoms with Gasteiger partial charge in [-0.05, 0) is 22.7 Å². The summed E-state index contributed by atoms with van der Waals surface area (Å²) >= 11 is 0. The minimum Gasteiger partial charge on any atom is -0.459 e. The Morgan fingerprint density at radius 3 is 2.46 bits per heavy atom. The predicted molar refractivity (Wildman–Crippen MR) is 128 cm³/mol. The number of carbonyl (C=O) groups is 3. The average Bonchev–Trinajstić information content (AvgIpc) is 3.54. The molecule has 3 aliphatic rings. The van der Waals surface area contributed by atoms with Crippen LogP contribution in [-0.4, -0.2) is 113 Å². The lowest BCUT2D eigenvalue weighted by Gasteiger charge is -2.33. The van der Waals surface area contributed by atoms with E-state index in [9.17, 15) is 14.4 Å². The summed E-state index contributed by atoms with van der Waals surface area (Å²) in [5.41, 5.74) is 1.17. The van der Waals surface area contributed by atoms with Crippen molar-refractivity contribution >= 4 is 29.5 Å². The Morgan fingerprint density at radius 1 is 1.03 bits per heavy atom. The number of carbonyl (C=O) groups excluding carboxylic acids is 3. The Labute approximate surface area is 203 Å². The number of hydrogen-bond acceptors (Lipinski definition) is 6. The summed E-state index contributed by atoms with van der Waals surface area (Å²) < 4.78 is 7.28. The lowest BCUT2D eigenvalue weighted by molar-refractivity contribution is -0.535. The Morgan fingerprint density at radius 2 is 1.77 bits per heavy atom. The van der Waals surface area contributed by atoms with Gasteiger partial charge in [-0.15, -0.1) is 0 Å². The second kappa shape index (κ2) is 9.46. The normalized spacial score (nSPS) is 21.0. The zero-order valence-corrected chi connectivity index (χ0v) is 20.0. The van der Waals surface area contributed by atoms with Crippen LogP contribution in [0, 0.1) is 0 Å². The SMILES string of the molecule is CN1C(=O)C2C(=NC(CN3CCN(C(=O)c4ccco4)CC3)=[N+]2CCc2ccccc2)N(C)C1=O. The maximum atomic E-state index is 13.1. The number of urea groups is 1. The minimum absolute atomic E-state index is 0.104. The number of fused-ring (bicyclic) bond motifs is 1. The fraction of sp³-hybridized carbons (Fsp3) is 0.400. The van der Waals surface area contributed by atoms with E-state index in [0.29, 0.717) is 50.9 Å². The summed E-state index contributed by atoms with van der Waals surface area (Å²) in [6.07, 6.45) is 2.26. The van der Waals surface area contributed by atoms with E-state index in [2.05, 4.69) is 17.0 Å². The summed E-state index contributed by atoms with van der Waals surface area (Å²) in [4.78, 5) is 49.7. The van der Waals surface area contributed by atoms with Crippen LogP contribution in [0.4, 0.5) is 4.79 Å². The topological polar surface area (TPSA) is 92.7 Å². The number of rotatable bonds is 6. The van der Waals surface area contributed by atoms with Crippen molar-refractivity contribution in [3.05, 3.63) is 60.1 Å². The lowest BCUT2D eigenvalue weighted by Crippen LogP contribution is -2.61. The van der Waals surface area contributed by atoms with Gasteiger partial charge in [0.05, 0.1) is 12.8 Å². The fourth-order valence-electron chi connectivity index (χ4n) is 4.79. The molecular formula is C25H29N6O4+. The van der Waals surface area contributed by atoms with Crippen LogP contribution in [-0.2, 0) is 11.2 Å². The quantitative estimate of drug-likeness (QED) is 0.579. The van der Waals surface area contributed by atoms with Gasteiger partial charge >= 0.3 is 11.9 Å². The van der Waals surface area contributed by atoms with E-state index in [1.165, 1.54) is 28.7 Å². The van der Waals surface area contributed by atoms with E-state index in [1.54, 1.807) is 24.1 Å². The standard InChI is InChI=1S/C25H29N6O4/c1-27-22-21(24(33)28(2)25(27)34)31(11-10-18-7-4-3-5-8-18)20(26-22)17-29-12-14-30(15-13-29)23(32)19-9-6-16-35-19/h3-9,16,21H,10-15,17H2,1-2H3/q+1. The van der Waals surface area contributed by atoms with Gasteiger partial charge in [-0.3, -0.25) is 24.3 Å². The summed E-state index contributed by atoms with van der Waals surface area (Å²) in [5, 5.41) is 0. The number of furan rings is 1. The van der Waals surface area contributed by atoms with Gasteiger partial charge in [0.1, 0.15) is 6.54 Å². The van der Waals surface area contributed by atoms with Crippen molar-refractivity contribution in [3.63, 3.8) is 0 Å². The molecule has 1 aromatic carbocycles. The third kappa shape index (κ3) is 4.37. The second-order valence-electron chi connectivity index (χ2n) is 9.00. The molecule has 1 unspecified atom stereocenters. The first-order chi connectivity index (χ1) is 16.9. The monoisotopic (exact) mass is 477 g/mol. The largest absolute Gasteiger partial charge is 0.459 e. The number of imide groups is 1. The number of aliphatic imine (C=N–C) groups is 1. The molecule has 2 saturated heterocycles. The van der Waals surface area contributed by atoms with Gasteiger partial charge in [-0.25, -0.2) is 9.37 Å². The molecule has 0 bridgehead atoms. The highest BCUT2D eigenvalue weighted by Crippen LogP contribution is 2.20. The minimum atomic E-state index is -0.608. The van der Waals surface area contributed by atoms with Crippen LogP contribution in [0.1, 0.15) is 16.1 Å². The third-order valence-corrected chi connectivity index (χ3v) is 6.85. The Hall–Kier alpha value is -3.79. The van der Waals surface area contributed by atoms with Crippen molar-refractivity contribution < 1.29 is 23.4 Å². The van der Waals surface area contributed by atoms with Crippen LogP contribution in [0.15, 0.2) is 58.1 Å². The first kappa shape index (κ1) is 23.0. The first-order valence-corrected chi connectivity index (χ1v) is 11.8. The number of amides is 4. The molecule has 1 aromatic heterocycles. The van der Waals surface area contributed by atoms with Gasteiger partial charge < -0.3 is 9.32 Å². The molecule has 1 atom stereocenters. The smallest absolute Gasteiger partial charge is 0.333 e. The molecule has 0 radical (unpaired) electrons. The maximum Gasteiger partial charge on any atom is 0.333 e. The van der Waals surface area contributed by atoms with Crippen molar-refractivity contribution in [2.75, 3.05) is 53.4 Å². The van der Waals surface area contributed by atoms with Crippen LogP contribution < -0.4 is 0 Å². The highest BCUT2D eigenvalue weighted by Gasteiger charge is 2.53. The first-order valence-electron chi connectivity index (χ1n) is 11.8. The van der Waals surface area contributed by atoms with E-state index in [4.69, 9.17) is 9.41 Å². The molecule has 35 heavy (non-hydrogen) atoms. The molecule has 2 aromatic rings. The van der Waals surface area contributed by atoms with Crippen molar-refractivity contribution in [1.82, 2.24) is 19.6 Å². The molecule has 0 aliphatic carbocycles. The summed E-state index contributed by atoms with van der Waals surface area (Å²) in [5.74, 6) is 1.24. The molecule has 5 rings (SSSR count). The van der Waals surface area contributed by atoms with Crippen molar-refractivity contribution in [3.8, 4) is 0 Å². The molecule has 0 N–H and O–H groups in total. The lowest BCUT2D eigenvalue weighted by atomic mass is 10.1.